The highest BCUT2D eigenvalue weighted by Gasteiger charge is 2.31. The first-order valence-corrected chi connectivity index (χ1v) is 9.54. The van der Waals surface area contributed by atoms with E-state index in [9.17, 15) is 0 Å². The third-order valence-electron chi connectivity index (χ3n) is 5.21. The van der Waals surface area contributed by atoms with Crippen LogP contribution < -0.4 is 0 Å². The minimum Gasteiger partial charge on any atom is -0.303 e. The molecule has 0 aromatic rings. The molecule has 0 spiro atoms. The summed E-state index contributed by atoms with van der Waals surface area (Å²) in [4.78, 5) is 2.61. The molecule has 1 aliphatic rings. The summed E-state index contributed by atoms with van der Waals surface area (Å²) in [7, 11) is 0. The van der Waals surface area contributed by atoms with Crippen molar-refractivity contribution in [3.8, 4) is 0 Å². The maximum absolute atomic E-state index is 2.61. The lowest BCUT2D eigenvalue weighted by Gasteiger charge is -2.43. The van der Waals surface area contributed by atoms with Crippen molar-refractivity contribution in [1.29, 1.82) is 0 Å². The second kappa shape index (κ2) is 11.6. The van der Waals surface area contributed by atoms with E-state index < -0.39 is 0 Å². The van der Waals surface area contributed by atoms with Crippen molar-refractivity contribution >= 4 is 0 Å². The normalized spacial score (nSPS) is 18.1. The maximum Gasteiger partial charge on any atom is 0.00246 e. The van der Waals surface area contributed by atoms with Crippen LogP contribution in [0.25, 0.3) is 0 Å². The van der Waals surface area contributed by atoms with Gasteiger partial charge in [0.15, 0.2) is 0 Å². The molecule has 0 amide bonds. The highest BCUT2D eigenvalue weighted by Crippen LogP contribution is 2.32. The van der Waals surface area contributed by atoms with Crippen LogP contribution in [0.3, 0.4) is 0 Å². The Labute approximate surface area is 128 Å². The second-order valence-corrected chi connectivity index (χ2v) is 6.92. The van der Waals surface area contributed by atoms with Crippen molar-refractivity contribution in [2.75, 3.05) is 19.6 Å². The molecule has 1 rings (SSSR count). The van der Waals surface area contributed by atoms with Crippen LogP contribution in [0.15, 0.2) is 0 Å². The zero-order valence-electron chi connectivity index (χ0n) is 14.5. The van der Waals surface area contributed by atoms with Gasteiger partial charge in [0.1, 0.15) is 0 Å². The number of unbranched alkanes of at least 4 members (excludes halogenated alkanes) is 7. The average Bonchev–Trinajstić information content (AvgIpc) is 2.41. The summed E-state index contributed by atoms with van der Waals surface area (Å²) in [5.74, 6) is 2.07. The topological polar surface area (TPSA) is 3.24 Å². The minimum atomic E-state index is 1.03. The molecule has 0 N–H and O–H groups in total. The summed E-state index contributed by atoms with van der Waals surface area (Å²) in [5, 5.41) is 0. The first kappa shape index (κ1) is 18.0. The number of hydrogen-bond donors (Lipinski definition) is 0. The van der Waals surface area contributed by atoms with Crippen LogP contribution in [0.4, 0.5) is 0 Å². The van der Waals surface area contributed by atoms with E-state index in [0.717, 1.165) is 11.8 Å². The van der Waals surface area contributed by atoms with Gasteiger partial charge in [0.05, 0.1) is 0 Å². The molecule has 1 unspecified atom stereocenters. The van der Waals surface area contributed by atoms with E-state index in [2.05, 4.69) is 25.7 Å². The lowest BCUT2D eigenvalue weighted by atomic mass is 9.79. The summed E-state index contributed by atoms with van der Waals surface area (Å²) >= 11 is 0. The van der Waals surface area contributed by atoms with Crippen molar-refractivity contribution in [2.45, 2.75) is 91.4 Å². The fourth-order valence-corrected chi connectivity index (χ4v) is 3.63. The summed E-state index contributed by atoms with van der Waals surface area (Å²) in [5.41, 5.74) is 0. The molecule has 1 heteroatoms. The molecular formula is C19H39N. The van der Waals surface area contributed by atoms with E-state index in [1.807, 2.05) is 0 Å². The molecule has 0 saturated carbocycles. The predicted octanol–water partition coefficient (Wildman–Crippen LogP) is 5.89. The monoisotopic (exact) mass is 281 g/mol. The summed E-state index contributed by atoms with van der Waals surface area (Å²) in [6.07, 6.45) is 16.0. The third-order valence-corrected chi connectivity index (χ3v) is 5.21. The molecule has 20 heavy (non-hydrogen) atoms. The van der Waals surface area contributed by atoms with Crippen LogP contribution >= 0.6 is 0 Å². The molecule has 0 bridgehead atoms. The summed E-state index contributed by atoms with van der Waals surface area (Å²) < 4.78 is 0. The van der Waals surface area contributed by atoms with Gasteiger partial charge in [-0.1, -0.05) is 91.4 Å². The molecule has 1 aliphatic heterocycles. The Morgan fingerprint density at radius 3 is 1.75 bits per heavy atom. The van der Waals surface area contributed by atoms with Crippen LogP contribution in [0.5, 0.6) is 0 Å². The molecule has 1 nitrogen and oxygen atoms in total. The highest BCUT2D eigenvalue weighted by molar-refractivity contribution is 4.84. The van der Waals surface area contributed by atoms with Gasteiger partial charge in [-0.2, -0.15) is 0 Å². The first-order valence-electron chi connectivity index (χ1n) is 9.54. The Hall–Kier alpha value is -0.0400. The fourth-order valence-electron chi connectivity index (χ4n) is 3.63. The van der Waals surface area contributed by atoms with E-state index in [4.69, 9.17) is 0 Å². The Balaban J connectivity index is 2.17. The molecular weight excluding hydrogens is 242 g/mol. The van der Waals surface area contributed by atoms with Gasteiger partial charge in [-0.3, -0.25) is 0 Å². The minimum absolute atomic E-state index is 1.03. The summed E-state index contributed by atoms with van der Waals surface area (Å²) in [6, 6.07) is 0. The smallest absolute Gasteiger partial charge is 0.00246 e. The molecule has 1 fully saturated rings. The lowest BCUT2D eigenvalue weighted by Crippen LogP contribution is -2.49. The summed E-state index contributed by atoms with van der Waals surface area (Å²) in [6.45, 7) is 11.0. The lowest BCUT2D eigenvalue weighted by molar-refractivity contribution is 0.0533. The van der Waals surface area contributed by atoms with E-state index in [1.165, 1.54) is 90.3 Å². The molecule has 120 valence electrons. The van der Waals surface area contributed by atoms with Gasteiger partial charge >= 0.3 is 0 Å². The number of hydrogen-bond acceptors (Lipinski definition) is 1. The zero-order chi connectivity index (χ0) is 14.6. The third kappa shape index (κ3) is 7.11. The number of likely N-dealkylation sites (tertiary alicyclic amines) is 1. The quantitative estimate of drug-likeness (QED) is 0.381. The number of rotatable bonds is 13. The van der Waals surface area contributed by atoms with Crippen molar-refractivity contribution in [2.24, 2.45) is 11.8 Å². The highest BCUT2D eigenvalue weighted by atomic mass is 15.2. The van der Waals surface area contributed by atoms with Gasteiger partial charge in [-0.15, -0.1) is 0 Å². The van der Waals surface area contributed by atoms with Gasteiger partial charge in [0.25, 0.3) is 0 Å². The van der Waals surface area contributed by atoms with Crippen molar-refractivity contribution in [3.63, 3.8) is 0 Å². The van der Waals surface area contributed by atoms with Gasteiger partial charge in [0, 0.05) is 13.1 Å². The van der Waals surface area contributed by atoms with Crippen LogP contribution in [0, 0.1) is 11.8 Å². The fraction of sp³-hybridized carbons (Fsp3) is 1.00. The van der Waals surface area contributed by atoms with Crippen LogP contribution in [-0.2, 0) is 0 Å². The Morgan fingerprint density at radius 2 is 1.25 bits per heavy atom. The van der Waals surface area contributed by atoms with Crippen molar-refractivity contribution in [3.05, 3.63) is 0 Å². The predicted molar refractivity (Wildman–Crippen MR) is 91.2 cm³/mol. The van der Waals surface area contributed by atoms with Crippen molar-refractivity contribution in [1.82, 2.24) is 4.90 Å². The average molecular weight is 282 g/mol. The molecule has 0 aliphatic carbocycles. The van der Waals surface area contributed by atoms with Gasteiger partial charge in [-0.25, -0.2) is 0 Å². The van der Waals surface area contributed by atoms with E-state index in [1.54, 1.807) is 0 Å². The molecule has 1 heterocycles. The molecule has 0 radical (unpaired) electrons. The number of nitrogens with zero attached hydrogens (tertiary/aromatic N) is 1. The van der Waals surface area contributed by atoms with Gasteiger partial charge in [0.2, 0.25) is 0 Å². The molecule has 0 aromatic carbocycles. The molecule has 1 atom stereocenters. The largest absolute Gasteiger partial charge is 0.303 e. The standard InChI is InChI=1S/C19H39N/c1-4-7-9-11-13-15-18(14-12-10-8-5-2)19-16-20(6-3)17-19/h18-19H,4-17H2,1-3H3. The Morgan fingerprint density at radius 1 is 0.750 bits per heavy atom. The zero-order valence-corrected chi connectivity index (χ0v) is 14.5. The van der Waals surface area contributed by atoms with E-state index >= 15 is 0 Å². The first-order chi connectivity index (χ1) is 9.81. The van der Waals surface area contributed by atoms with Crippen LogP contribution in [0.2, 0.25) is 0 Å². The van der Waals surface area contributed by atoms with Gasteiger partial charge in [-0.05, 0) is 18.4 Å². The molecule has 1 saturated heterocycles. The van der Waals surface area contributed by atoms with E-state index in [0.29, 0.717) is 0 Å². The molecule has 0 aromatic heterocycles. The van der Waals surface area contributed by atoms with Crippen LogP contribution in [0.1, 0.15) is 91.4 Å². The Bertz CT molecular complexity index is 208. The van der Waals surface area contributed by atoms with Crippen molar-refractivity contribution < 1.29 is 0 Å². The second-order valence-electron chi connectivity index (χ2n) is 6.92. The van der Waals surface area contributed by atoms with E-state index in [-0.39, 0.29) is 0 Å². The van der Waals surface area contributed by atoms with Crippen LogP contribution in [-0.4, -0.2) is 24.5 Å². The SMILES string of the molecule is CCCCCCCC(CCCCCC)C1CN(CC)C1. The van der Waals surface area contributed by atoms with Gasteiger partial charge < -0.3 is 4.90 Å². The Kier molecular flexibility index (Phi) is 10.4. The maximum atomic E-state index is 2.61.